The van der Waals surface area contributed by atoms with Gasteiger partial charge in [-0.3, -0.25) is 9.48 Å². The summed E-state index contributed by atoms with van der Waals surface area (Å²) < 4.78 is 12.7. The van der Waals surface area contributed by atoms with Crippen molar-refractivity contribution in [3.05, 3.63) is 60.4 Å². The molecule has 4 aromatic rings. The number of benzene rings is 1. The molecular formula is C25H24N2O4. The number of phenolic OH excluding ortho intramolecular Hbond substituents is 1. The molecule has 4 heterocycles. The molecule has 6 heteroatoms. The van der Waals surface area contributed by atoms with Crippen LogP contribution in [0.25, 0.3) is 33.6 Å². The first-order chi connectivity index (χ1) is 14.8. The van der Waals surface area contributed by atoms with E-state index in [0.29, 0.717) is 12.1 Å². The zero-order valence-electron chi connectivity index (χ0n) is 18.0. The van der Waals surface area contributed by atoms with E-state index >= 15 is 0 Å². The maximum atomic E-state index is 12.2. The first kappa shape index (κ1) is 19.4. The van der Waals surface area contributed by atoms with Gasteiger partial charge in [-0.1, -0.05) is 20.8 Å². The highest BCUT2D eigenvalue weighted by molar-refractivity contribution is 5.99. The lowest BCUT2D eigenvalue weighted by atomic mass is 9.72. The minimum Gasteiger partial charge on any atom is -0.507 e. The Labute approximate surface area is 180 Å². The van der Waals surface area contributed by atoms with Gasteiger partial charge < -0.3 is 13.9 Å². The molecule has 1 aliphatic rings. The van der Waals surface area contributed by atoms with E-state index in [9.17, 15) is 9.90 Å². The number of furan rings is 2. The van der Waals surface area contributed by atoms with Gasteiger partial charge in [-0.05, 0) is 42.2 Å². The Bertz CT molecular complexity index is 1270. The summed E-state index contributed by atoms with van der Waals surface area (Å²) in [6.45, 7) is 8.70. The molecule has 0 fully saturated rings. The van der Waals surface area contributed by atoms with Crippen molar-refractivity contribution >= 4 is 5.78 Å². The summed E-state index contributed by atoms with van der Waals surface area (Å²) in [6.07, 6.45) is 6.64. The van der Waals surface area contributed by atoms with Crippen molar-refractivity contribution < 1.29 is 18.7 Å². The summed E-state index contributed by atoms with van der Waals surface area (Å²) in [6, 6.07) is 7.35. The van der Waals surface area contributed by atoms with Crippen molar-refractivity contribution in [2.24, 2.45) is 5.41 Å². The van der Waals surface area contributed by atoms with Crippen molar-refractivity contribution in [2.75, 3.05) is 0 Å². The van der Waals surface area contributed by atoms with E-state index in [1.165, 1.54) is 6.92 Å². The predicted octanol–water partition coefficient (Wildman–Crippen LogP) is 6.12. The SMILES string of the molecule is CC(=O)c1cc2c(cc1O)-c1c(-c3ccoc3)c(-c3ccoc3)nn1C[C@H]2C(C)(C)C. The fourth-order valence-electron chi connectivity index (χ4n) is 4.54. The van der Waals surface area contributed by atoms with E-state index in [1.54, 1.807) is 31.1 Å². The molecule has 5 rings (SSSR count). The summed E-state index contributed by atoms with van der Waals surface area (Å²) in [5.41, 5.74) is 6.58. The number of hydrogen-bond donors (Lipinski definition) is 1. The van der Waals surface area contributed by atoms with Crippen LogP contribution in [0.2, 0.25) is 0 Å². The number of nitrogens with zero attached hydrogens (tertiary/aromatic N) is 2. The average Bonchev–Trinajstić information content (AvgIpc) is 3.44. The van der Waals surface area contributed by atoms with Crippen LogP contribution in [-0.2, 0) is 6.54 Å². The Morgan fingerprint density at radius 3 is 2.39 bits per heavy atom. The first-order valence-corrected chi connectivity index (χ1v) is 10.3. The molecule has 6 nitrogen and oxygen atoms in total. The van der Waals surface area contributed by atoms with E-state index in [-0.39, 0.29) is 22.9 Å². The molecule has 0 saturated heterocycles. The molecule has 0 amide bonds. The second kappa shape index (κ2) is 6.74. The fraction of sp³-hybridized carbons (Fsp3) is 0.280. The Morgan fingerprint density at radius 1 is 1.13 bits per heavy atom. The van der Waals surface area contributed by atoms with Gasteiger partial charge in [0.25, 0.3) is 0 Å². The van der Waals surface area contributed by atoms with E-state index in [0.717, 1.165) is 39.2 Å². The Hall–Kier alpha value is -3.54. The number of aromatic hydroxyl groups is 1. The smallest absolute Gasteiger partial charge is 0.163 e. The average molecular weight is 416 g/mol. The lowest BCUT2D eigenvalue weighted by molar-refractivity contribution is 0.101. The third-order valence-electron chi connectivity index (χ3n) is 6.14. The molecule has 1 atom stereocenters. The highest BCUT2D eigenvalue weighted by Gasteiger charge is 2.37. The molecule has 158 valence electrons. The number of carbonyl (C=O) groups excluding carboxylic acids is 1. The van der Waals surface area contributed by atoms with E-state index in [4.69, 9.17) is 13.9 Å². The summed E-state index contributed by atoms with van der Waals surface area (Å²) in [7, 11) is 0. The standard InChI is InChI=1S/C25H24N2O4/c1-14(28)17-9-18-19(10-21(17)29)24-22(15-5-7-30-12-15)23(16-6-8-31-13-16)26-27(24)11-20(18)25(2,3)4/h5-10,12-13,20,29H,11H2,1-4H3/t20-/m1/s1. The zero-order valence-corrected chi connectivity index (χ0v) is 18.0. The van der Waals surface area contributed by atoms with Gasteiger partial charge in [0.2, 0.25) is 0 Å². The molecule has 0 unspecified atom stereocenters. The second-order valence-corrected chi connectivity index (χ2v) is 9.21. The third-order valence-corrected chi connectivity index (χ3v) is 6.14. The maximum Gasteiger partial charge on any atom is 0.163 e. The molecule has 0 aliphatic carbocycles. The number of hydrogen-bond acceptors (Lipinski definition) is 5. The number of fused-ring (bicyclic) bond motifs is 3. The number of aromatic nitrogens is 2. The van der Waals surface area contributed by atoms with Crippen LogP contribution in [0.5, 0.6) is 5.75 Å². The van der Waals surface area contributed by atoms with Gasteiger partial charge in [0.15, 0.2) is 5.78 Å². The third kappa shape index (κ3) is 3.02. The molecule has 0 saturated carbocycles. The molecular weight excluding hydrogens is 392 g/mol. The van der Waals surface area contributed by atoms with Crippen molar-refractivity contribution in [3.63, 3.8) is 0 Å². The van der Waals surface area contributed by atoms with Crippen LogP contribution in [0.15, 0.2) is 58.2 Å². The second-order valence-electron chi connectivity index (χ2n) is 9.21. The Balaban J connectivity index is 1.86. The lowest BCUT2D eigenvalue weighted by Crippen LogP contribution is -2.28. The van der Waals surface area contributed by atoms with E-state index in [2.05, 4.69) is 20.8 Å². The van der Waals surface area contributed by atoms with Gasteiger partial charge >= 0.3 is 0 Å². The van der Waals surface area contributed by atoms with Crippen LogP contribution >= 0.6 is 0 Å². The van der Waals surface area contributed by atoms with Crippen LogP contribution < -0.4 is 0 Å². The van der Waals surface area contributed by atoms with Crippen molar-refractivity contribution in [3.8, 4) is 39.4 Å². The number of ketones is 1. The molecule has 3 aromatic heterocycles. The number of Topliss-reactive ketones (excluding diaryl/α,β-unsaturated/α-hetero) is 1. The summed E-state index contributed by atoms with van der Waals surface area (Å²) >= 11 is 0. The maximum absolute atomic E-state index is 12.2. The Kier molecular flexibility index (Phi) is 4.22. The molecule has 1 aromatic carbocycles. The van der Waals surface area contributed by atoms with Crippen molar-refractivity contribution in [2.45, 2.75) is 40.2 Å². The Morgan fingerprint density at radius 2 is 1.81 bits per heavy atom. The monoisotopic (exact) mass is 416 g/mol. The topological polar surface area (TPSA) is 81.4 Å². The van der Waals surface area contributed by atoms with Crippen molar-refractivity contribution in [1.29, 1.82) is 0 Å². The van der Waals surface area contributed by atoms with Crippen LogP contribution in [-0.4, -0.2) is 20.7 Å². The quantitative estimate of drug-likeness (QED) is 0.407. The summed E-state index contributed by atoms with van der Waals surface area (Å²) in [4.78, 5) is 12.2. The molecule has 31 heavy (non-hydrogen) atoms. The number of carbonyl (C=O) groups is 1. The fourth-order valence-corrected chi connectivity index (χ4v) is 4.54. The van der Waals surface area contributed by atoms with Gasteiger partial charge in [0, 0.05) is 34.7 Å². The highest BCUT2D eigenvalue weighted by Crippen LogP contribution is 2.51. The molecule has 0 spiro atoms. The van der Waals surface area contributed by atoms with Crippen LogP contribution in [0.1, 0.15) is 49.5 Å². The summed E-state index contributed by atoms with van der Waals surface area (Å²) in [5, 5.41) is 15.6. The lowest BCUT2D eigenvalue weighted by Gasteiger charge is -2.36. The van der Waals surface area contributed by atoms with Crippen molar-refractivity contribution in [1.82, 2.24) is 9.78 Å². The normalized spacial score (nSPS) is 15.5. The van der Waals surface area contributed by atoms with Gasteiger partial charge in [-0.25, -0.2) is 0 Å². The molecule has 0 radical (unpaired) electrons. The predicted molar refractivity (Wildman–Crippen MR) is 117 cm³/mol. The van der Waals surface area contributed by atoms with E-state index < -0.39 is 0 Å². The molecule has 0 bridgehead atoms. The van der Waals surface area contributed by atoms with Gasteiger partial charge in [0.1, 0.15) is 11.4 Å². The number of phenols is 1. The largest absolute Gasteiger partial charge is 0.507 e. The zero-order chi connectivity index (χ0) is 21.9. The highest BCUT2D eigenvalue weighted by atomic mass is 16.3. The molecule has 1 aliphatic heterocycles. The minimum absolute atomic E-state index is 0.0171. The van der Waals surface area contributed by atoms with Gasteiger partial charge in [-0.2, -0.15) is 5.10 Å². The molecule has 1 N–H and O–H groups in total. The van der Waals surface area contributed by atoms with Gasteiger partial charge in [0.05, 0.1) is 36.3 Å². The van der Waals surface area contributed by atoms with Crippen LogP contribution in [0.4, 0.5) is 0 Å². The van der Waals surface area contributed by atoms with Gasteiger partial charge in [-0.15, -0.1) is 0 Å². The summed E-state index contributed by atoms with van der Waals surface area (Å²) in [5.74, 6) is -0.0549. The minimum atomic E-state index is -0.152. The van der Waals surface area contributed by atoms with Crippen LogP contribution in [0.3, 0.4) is 0 Å². The number of rotatable bonds is 3. The van der Waals surface area contributed by atoms with Crippen LogP contribution in [0, 0.1) is 5.41 Å². The van der Waals surface area contributed by atoms with E-state index in [1.807, 2.05) is 22.9 Å². The first-order valence-electron chi connectivity index (χ1n) is 10.3.